The third-order valence-corrected chi connectivity index (χ3v) is 4.19. The number of pyridine rings is 1. The highest BCUT2D eigenvalue weighted by Crippen LogP contribution is 2.30. The van der Waals surface area contributed by atoms with Gasteiger partial charge in [-0.1, -0.05) is 0 Å². The van der Waals surface area contributed by atoms with Gasteiger partial charge in [-0.15, -0.1) is 0 Å². The molecule has 1 aromatic rings. The van der Waals surface area contributed by atoms with Gasteiger partial charge in [-0.05, 0) is 37.8 Å². The van der Waals surface area contributed by atoms with Crippen molar-refractivity contribution in [2.24, 2.45) is 11.7 Å². The second-order valence-electron chi connectivity index (χ2n) is 5.96. The number of aromatic nitrogens is 1. The zero-order valence-electron chi connectivity index (χ0n) is 11.8. The molecule has 0 unspecified atom stereocenters. The Labute approximate surface area is 115 Å². The molecule has 1 saturated heterocycles. The summed E-state index contributed by atoms with van der Waals surface area (Å²) < 4.78 is 0. The van der Waals surface area contributed by atoms with Gasteiger partial charge in [-0.25, -0.2) is 0 Å². The molecule has 4 heteroatoms. The fourth-order valence-corrected chi connectivity index (χ4v) is 2.71. The molecule has 19 heavy (non-hydrogen) atoms. The molecule has 2 aliphatic rings. The van der Waals surface area contributed by atoms with E-state index in [9.17, 15) is 0 Å². The van der Waals surface area contributed by atoms with E-state index in [1.807, 2.05) is 13.1 Å². The number of anilines is 1. The van der Waals surface area contributed by atoms with Crippen LogP contribution in [-0.2, 0) is 0 Å². The summed E-state index contributed by atoms with van der Waals surface area (Å²) in [6, 6.07) is 4.23. The zero-order valence-corrected chi connectivity index (χ0v) is 11.8. The van der Waals surface area contributed by atoms with Crippen molar-refractivity contribution < 1.29 is 0 Å². The summed E-state index contributed by atoms with van der Waals surface area (Å²) in [7, 11) is 0. The minimum absolute atomic E-state index is 0.0180. The van der Waals surface area contributed by atoms with Gasteiger partial charge in [0, 0.05) is 38.8 Å². The van der Waals surface area contributed by atoms with Crippen molar-refractivity contribution in [2.45, 2.75) is 25.8 Å². The summed E-state index contributed by atoms with van der Waals surface area (Å²) in [5.74, 6) is 0.999. The Morgan fingerprint density at radius 3 is 2.53 bits per heavy atom. The van der Waals surface area contributed by atoms with Gasteiger partial charge in [0.1, 0.15) is 0 Å². The predicted molar refractivity (Wildman–Crippen MR) is 78.2 cm³/mol. The van der Waals surface area contributed by atoms with Crippen LogP contribution in [-0.4, -0.2) is 42.6 Å². The van der Waals surface area contributed by atoms with Crippen molar-refractivity contribution in [3.05, 3.63) is 24.0 Å². The first-order valence-corrected chi connectivity index (χ1v) is 7.41. The molecule has 0 bridgehead atoms. The number of piperazine rings is 1. The molecule has 104 valence electrons. The van der Waals surface area contributed by atoms with Gasteiger partial charge in [0.15, 0.2) is 0 Å². The molecule has 2 heterocycles. The van der Waals surface area contributed by atoms with Crippen LogP contribution in [0.4, 0.5) is 5.69 Å². The van der Waals surface area contributed by atoms with Gasteiger partial charge in [0.25, 0.3) is 0 Å². The molecule has 2 fully saturated rings. The monoisotopic (exact) mass is 260 g/mol. The van der Waals surface area contributed by atoms with Crippen molar-refractivity contribution in [1.82, 2.24) is 9.88 Å². The molecule has 1 aliphatic heterocycles. The SMILES string of the molecule is C[C@H](N)c1ccc(N2CCN(CC3CC3)CC2)cn1. The summed E-state index contributed by atoms with van der Waals surface area (Å²) in [6.07, 6.45) is 4.86. The first kappa shape index (κ1) is 12.9. The number of nitrogens with two attached hydrogens (primary N) is 1. The standard InChI is InChI=1S/C15H24N4/c1-12(16)15-5-4-14(10-17-15)19-8-6-18(7-9-19)11-13-2-3-13/h4-5,10,12-13H,2-3,6-9,11,16H2,1H3/t12-/m0/s1. The van der Waals surface area contributed by atoms with Gasteiger partial charge in [-0.2, -0.15) is 0 Å². The van der Waals surface area contributed by atoms with E-state index in [1.54, 1.807) is 0 Å². The average molecular weight is 260 g/mol. The maximum atomic E-state index is 5.83. The molecule has 1 saturated carbocycles. The fourth-order valence-electron chi connectivity index (χ4n) is 2.71. The minimum Gasteiger partial charge on any atom is -0.368 e. The first-order chi connectivity index (χ1) is 9.22. The van der Waals surface area contributed by atoms with Crippen molar-refractivity contribution in [3.63, 3.8) is 0 Å². The van der Waals surface area contributed by atoms with E-state index < -0.39 is 0 Å². The third kappa shape index (κ3) is 3.25. The average Bonchev–Trinajstić information content (AvgIpc) is 3.24. The highest BCUT2D eigenvalue weighted by Gasteiger charge is 2.26. The van der Waals surface area contributed by atoms with E-state index in [2.05, 4.69) is 26.9 Å². The second-order valence-corrected chi connectivity index (χ2v) is 5.96. The van der Waals surface area contributed by atoms with Crippen LogP contribution in [0, 0.1) is 5.92 Å². The largest absolute Gasteiger partial charge is 0.368 e. The van der Waals surface area contributed by atoms with Crippen LogP contribution in [0.1, 0.15) is 31.5 Å². The Balaban J connectivity index is 1.55. The molecule has 0 amide bonds. The molecular formula is C15H24N4. The number of nitrogens with zero attached hydrogens (tertiary/aromatic N) is 3. The van der Waals surface area contributed by atoms with Crippen LogP contribution >= 0.6 is 0 Å². The van der Waals surface area contributed by atoms with Crippen molar-refractivity contribution in [2.75, 3.05) is 37.6 Å². The Bertz CT molecular complexity index is 403. The molecule has 0 spiro atoms. The summed E-state index contributed by atoms with van der Waals surface area (Å²) in [6.45, 7) is 7.89. The van der Waals surface area contributed by atoms with Crippen molar-refractivity contribution in [1.29, 1.82) is 0 Å². The maximum absolute atomic E-state index is 5.83. The lowest BCUT2D eigenvalue weighted by molar-refractivity contribution is 0.248. The number of hydrogen-bond acceptors (Lipinski definition) is 4. The molecule has 1 aliphatic carbocycles. The minimum atomic E-state index is 0.0180. The quantitative estimate of drug-likeness (QED) is 0.894. The van der Waals surface area contributed by atoms with Gasteiger partial charge < -0.3 is 10.6 Å². The molecule has 1 atom stereocenters. The lowest BCUT2D eigenvalue weighted by Crippen LogP contribution is -2.47. The topological polar surface area (TPSA) is 45.4 Å². The van der Waals surface area contributed by atoms with Crippen LogP contribution in [0.3, 0.4) is 0 Å². The van der Waals surface area contributed by atoms with Gasteiger partial charge in [0.2, 0.25) is 0 Å². The fraction of sp³-hybridized carbons (Fsp3) is 0.667. The lowest BCUT2D eigenvalue weighted by atomic mass is 10.2. The molecule has 3 rings (SSSR count). The number of hydrogen-bond donors (Lipinski definition) is 1. The Kier molecular flexibility index (Phi) is 3.71. The first-order valence-electron chi connectivity index (χ1n) is 7.41. The maximum Gasteiger partial charge on any atom is 0.0569 e. The van der Waals surface area contributed by atoms with Crippen molar-refractivity contribution in [3.8, 4) is 0 Å². The predicted octanol–water partition coefficient (Wildman–Crippen LogP) is 1.63. The summed E-state index contributed by atoms with van der Waals surface area (Å²) in [5.41, 5.74) is 8.03. The van der Waals surface area contributed by atoms with Crippen molar-refractivity contribution >= 4 is 5.69 Å². The summed E-state index contributed by atoms with van der Waals surface area (Å²) >= 11 is 0. The second kappa shape index (κ2) is 5.47. The van der Waals surface area contributed by atoms with Gasteiger partial charge in [-0.3, -0.25) is 9.88 Å². The smallest absolute Gasteiger partial charge is 0.0569 e. The van der Waals surface area contributed by atoms with Crippen LogP contribution in [0.25, 0.3) is 0 Å². The van der Waals surface area contributed by atoms with Crippen LogP contribution in [0.5, 0.6) is 0 Å². The van der Waals surface area contributed by atoms with Crippen LogP contribution in [0.2, 0.25) is 0 Å². The van der Waals surface area contributed by atoms with Crippen LogP contribution in [0.15, 0.2) is 18.3 Å². The normalized spacial score (nSPS) is 22.5. The Morgan fingerprint density at radius 1 is 1.26 bits per heavy atom. The van der Waals surface area contributed by atoms with E-state index in [1.165, 1.54) is 38.2 Å². The third-order valence-electron chi connectivity index (χ3n) is 4.19. The Morgan fingerprint density at radius 2 is 2.00 bits per heavy atom. The summed E-state index contributed by atoms with van der Waals surface area (Å²) in [5, 5.41) is 0. The highest BCUT2D eigenvalue weighted by atomic mass is 15.3. The molecule has 4 nitrogen and oxygen atoms in total. The lowest BCUT2D eigenvalue weighted by Gasteiger charge is -2.36. The van der Waals surface area contributed by atoms with E-state index in [0.29, 0.717) is 0 Å². The molecule has 0 aromatic carbocycles. The molecular weight excluding hydrogens is 236 g/mol. The Hall–Kier alpha value is -1.13. The molecule has 1 aromatic heterocycles. The van der Waals surface area contributed by atoms with Gasteiger partial charge >= 0.3 is 0 Å². The van der Waals surface area contributed by atoms with E-state index in [-0.39, 0.29) is 6.04 Å². The van der Waals surface area contributed by atoms with E-state index in [0.717, 1.165) is 24.7 Å². The van der Waals surface area contributed by atoms with E-state index in [4.69, 9.17) is 5.73 Å². The molecule has 0 radical (unpaired) electrons. The van der Waals surface area contributed by atoms with Gasteiger partial charge in [0.05, 0.1) is 17.6 Å². The summed E-state index contributed by atoms with van der Waals surface area (Å²) in [4.78, 5) is 9.49. The highest BCUT2D eigenvalue weighted by molar-refractivity contribution is 5.45. The zero-order chi connectivity index (χ0) is 13.2. The molecule has 2 N–H and O–H groups in total. The number of rotatable bonds is 4. The van der Waals surface area contributed by atoms with E-state index >= 15 is 0 Å². The van der Waals surface area contributed by atoms with Crippen LogP contribution < -0.4 is 10.6 Å².